The second-order valence-electron chi connectivity index (χ2n) is 8.31. The molecule has 10 nitrogen and oxygen atoms in total. The van der Waals surface area contributed by atoms with Crippen molar-refractivity contribution in [1.82, 2.24) is 20.9 Å². The molecule has 2 rings (SSSR count). The Hall–Kier alpha value is -2.73. The van der Waals surface area contributed by atoms with Crippen LogP contribution in [0.1, 0.15) is 62.5 Å². The van der Waals surface area contributed by atoms with Crippen LogP contribution < -0.4 is 16.0 Å². The highest BCUT2D eigenvalue weighted by Crippen LogP contribution is 2.15. The number of aromatic nitrogens is 1. The van der Waals surface area contributed by atoms with Crippen molar-refractivity contribution >= 4 is 51.9 Å². The van der Waals surface area contributed by atoms with E-state index in [0.29, 0.717) is 23.6 Å². The first-order valence-corrected chi connectivity index (χ1v) is 13.3. The number of carbonyl (C=O) groups excluding carboxylic acids is 5. The van der Waals surface area contributed by atoms with Gasteiger partial charge in [0.25, 0.3) is 0 Å². The van der Waals surface area contributed by atoms with E-state index >= 15 is 0 Å². The number of hydrogen-bond donors (Lipinski definition) is 3. The van der Waals surface area contributed by atoms with Gasteiger partial charge in [0.1, 0.15) is 23.2 Å². The Morgan fingerprint density at radius 1 is 1.26 bits per heavy atom. The number of nitrogens with one attached hydrogen (secondary N) is 3. The average molecular weight is 525 g/mol. The second-order valence-corrected chi connectivity index (χ2v) is 10.5. The summed E-state index contributed by atoms with van der Waals surface area (Å²) in [6, 6.07) is -1.65. The summed E-state index contributed by atoms with van der Waals surface area (Å²) in [7, 11) is 0. The van der Waals surface area contributed by atoms with E-state index in [1.165, 1.54) is 35.4 Å². The van der Waals surface area contributed by atoms with Gasteiger partial charge in [0.2, 0.25) is 17.7 Å². The standard InChI is InChI=1S/C23H32N4O6S2/c1-5-16-21(30)27-20(13(2)3)22(31)24-11-19-26-17(12-35-19)23(32)33-15(10-18(29)25-16)8-6-7-9-34-14(4)28/h6,8,12-13,15-16,20H,5,7,9-11H2,1-4H3,(H,24,31)(H,25,29)(H,27,30)/b8-6-/t15?,16-,20-/m0/s1. The van der Waals surface area contributed by atoms with Crippen LogP contribution in [0.15, 0.2) is 17.5 Å². The van der Waals surface area contributed by atoms with Crippen molar-refractivity contribution in [2.45, 2.75) is 71.7 Å². The SMILES string of the molecule is CC[C@@H]1NC(=O)CC(/C=C\CCSC(C)=O)OC(=O)c2csc(n2)CNC(=O)[C@H](C(C)C)NC1=O. The molecule has 1 aliphatic rings. The molecule has 0 spiro atoms. The van der Waals surface area contributed by atoms with Crippen LogP contribution in [0.3, 0.4) is 0 Å². The van der Waals surface area contributed by atoms with Crippen LogP contribution in [0.5, 0.6) is 0 Å². The summed E-state index contributed by atoms with van der Waals surface area (Å²) in [5.41, 5.74) is 0.0810. The maximum Gasteiger partial charge on any atom is 0.358 e. The normalized spacial score (nSPS) is 22.5. The largest absolute Gasteiger partial charge is 0.453 e. The Balaban J connectivity index is 2.26. The van der Waals surface area contributed by atoms with Gasteiger partial charge < -0.3 is 20.7 Å². The van der Waals surface area contributed by atoms with Crippen molar-refractivity contribution < 1.29 is 28.7 Å². The Morgan fingerprint density at radius 2 is 2.00 bits per heavy atom. The van der Waals surface area contributed by atoms with Gasteiger partial charge in [0, 0.05) is 18.1 Å². The van der Waals surface area contributed by atoms with Crippen LogP contribution in [0.25, 0.3) is 0 Å². The quantitative estimate of drug-likeness (QED) is 0.291. The highest BCUT2D eigenvalue weighted by molar-refractivity contribution is 8.13. The lowest BCUT2D eigenvalue weighted by atomic mass is 10.0. The summed E-state index contributed by atoms with van der Waals surface area (Å²) in [4.78, 5) is 66.2. The van der Waals surface area contributed by atoms with Gasteiger partial charge in [-0.05, 0) is 24.8 Å². The zero-order valence-electron chi connectivity index (χ0n) is 20.3. The second kappa shape index (κ2) is 14.0. The maximum absolute atomic E-state index is 12.8. The molecule has 12 heteroatoms. The van der Waals surface area contributed by atoms with E-state index in [2.05, 4.69) is 20.9 Å². The molecule has 0 saturated heterocycles. The molecule has 1 unspecified atom stereocenters. The van der Waals surface area contributed by atoms with E-state index in [1.54, 1.807) is 19.1 Å². The third-order valence-corrected chi connectivity index (χ3v) is 6.76. The molecule has 2 heterocycles. The van der Waals surface area contributed by atoms with Gasteiger partial charge in [-0.3, -0.25) is 19.2 Å². The van der Waals surface area contributed by atoms with E-state index in [9.17, 15) is 24.0 Å². The molecule has 0 aliphatic carbocycles. The summed E-state index contributed by atoms with van der Waals surface area (Å²) in [6.07, 6.45) is 3.14. The Kier molecular flexibility index (Phi) is 11.4. The summed E-state index contributed by atoms with van der Waals surface area (Å²) in [6.45, 7) is 6.95. The third-order valence-electron chi connectivity index (χ3n) is 5.07. The molecule has 35 heavy (non-hydrogen) atoms. The Labute approximate surface area is 213 Å². The predicted molar refractivity (Wildman–Crippen MR) is 134 cm³/mol. The molecule has 3 N–H and O–H groups in total. The summed E-state index contributed by atoms with van der Waals surface area (Å²) >= 11 is 2.37. The highest BCUT2D eigenvalue weighted by Gasteiger charge is 2.29. The van der Waals surface area contributed by atoms with Crippen LogP contribution >= 0.6 is 23.1 Å². The van der Waals surface area contributed by atoms with Gasteiger partial charge in [0.05, 0.1) is 13.0 Å². The van der Waals surface area contributed by atoms with E-state index in [0.717, 1.165) is 0 Å². The van der Waals surface area contributed by atoms with Crippen molar-refractivity contribution in [2.24, 2.45) is 5.92 Å². The number of cyclic esters (lactones) is 1. The number of nitrogens with zero attached hydrogens (tertiary/aromatic N) is 1. The number of esters is 1. The lowest BCUT2D eigenvalue weighted by Gasteiger charge is -2.25. The summed E-state index contributed by atoms with van der Waals surface area (Å²) < 4.78 is 5.51. The van der Waals surface area contributed by atoms with Crippen LogP contribution in [-0.4, -0.2) is 57.7 Å². The number of fused-ring (bicyclic) bond motifs is 2. The van der Waals surface area contributed by atoms with Gasteiger partial charge in [-0.25, -0.2) is 9.78 Å². The molecule has 1 aromatic rings. The monoisotopic (exact) mass is 524 g/mol. The van der Waals surface area contributed by atoms with E-state index < -0.39 is 36.0 Å². The topological polar surface area (TPSA) is 144 Å². The van der Waals surface area contributed by atoms with Gasteiger partial charge in [-0.1, -0.05) is 38.6 Å². The number of ether oxygens (including phenoxy) is 1. The van der Waals surface area contributed by atoms with Crippen LogP contribution in [-0.2, 0) is 30.5 Å². The molecule has 0 fully saturated rings. The first kappa shape index (κ1) is 28.5. The summed E-state index contributed by atoms with van der Waals surface area (Å²) in [5, 5.41) is 10.2. The van der Waals surface area contributed by atoms with Crippen LogP contribution in [0.4, 0.5) is 0 Å². The molecule has 1 aromatic heterocycles. The van der Waals surface area contributed by atoms with Crippen molar-refractivity contribution in [3.63, 3.8) is 0 Å². The minimum Gasteiger partial charge on any atom is -0.453 e. The number of thioether (sulfide) groups is 1. The lowest BCUT2D eigenvalue weighted by molar-refractivity contribution is -0.133. The molecule has 2 bridgehead atoms. The Bertz CT molecular complexity index is 962. The van der Waals surface area contributed by atoms with Gasteiger partial charge in [-0.2, -0.15) is 0 Å². The highest BCUT2D eigenvalue weighted by atomic mass is 32.2. The fourth-order valence-corrected chi connectivity index (χ4v) is 4.45. The first-order chi connectivity index (χ1) is 16.6. The maximum atomic E-state index is 12.8. The molecule has 1 aliphatic heterocycles. The molecular formula is C23H32N4O6S2. The summed E-state index contributed by atoms with van der Waals surface area (Å²) in [5.74, 6) is -1.66. The zero-order chi connectivity index (χ0) is 26.0. The van der Waals surface area contributed by atoms with E-state index in [-0.39, 0.29) is 35.6 Å². The molecule has 192 valence electrons. The van der Waals surface area contributed by atoms with Crippen molar-refractivity contribution in [3.05, 3.63) is 28.2 Å². The van der Waals surface area contributed by atoms with E-state index in [4.69, 9.17) is 4.74 Å². The molecule has 0 radical (unpaired) electrons. The van der Waals surface area contributed by atoms with E-state index in [1.807, 2.05) is 13.8 Å². The van der Waals surface area contributed by atoms with Gasteiger partial charge in [-0.15, -0.1) is 11.3 Å². The van der Waals surface area contributed by atoms with Gasteiger partial charge in [0.15, 0.2) is 10.8 Å². The fraction of sp³-hybridized carbons (Fsp3) is 0.565. The lowest BCUT2D eigenvalue weighted by Crippen LogP contribution is -2.55. The number of hydrogen-bond acceptors (Lipinski definition) is 9. The first-order valence-electron chi connectivity index (χ1n) is 11.4. The van der Waals surface area contributed by atoms with Crippen molar-refractivity contribution in [2.75, 3.05) is 5.75 Å². The number of allylic oxidation sites excluding steroid dienone is 1. The molecule has 0 aromatic carbocycles. The fourth-order valence-electron chi connectivity index (χ4n) is 3.20. The molecule has 0 saturated carbocycles. The number of thiazole rings is 1. The molecule has 3 atom stereocenters. The minimum atomic E-state index is -0.883. The van der Waals surface area contributed by atoms with Crippen molar-refractivity contribution in [1.29, 1.82) is 0 Å². The third kappa shape index (κ3) is 9.44. The Morgan fingerprint density at radius 3 is 2.66 bits per heavy atom. The average Bonchev–Trinajstić information content (AvgIpc) is 3.27. The van der Waals surface area contributed by atoms with Crippen LogP contribution in [0.2, 0.25) is 0 Å². The molecule has 3 amide bonds. The van der Waals surface area contributed by atoms with Crippen molar-refractivity contribution in [3.8, 4) is 0 Å². The number of carbonyl (C=O) groups is 5. The zero-order valence-corrected chi connectivity index (χ0v) is 21.9. The smallest absolute Gasteiger partial charge is 0.358 e. The molecular weight excluding hydrogens is 492 g/mol. The number of amides is 3. The van der Waals surface area contributed by atoms with Crippen LogP contribution in [0, 0.1) is 5.92 Å². The predicted octanol–water partition coefficient (Wildman–Crippen LogP) is 1.95. The van der Waals surface area contributed by atoms with Gasteiger partial charge >= 0.3 is 5.97 Å². The number of rotatable bonds is 6. The minimum absolute atomic E-state index is 0.00744.